The highest BCUT2D eigenvalue weighted by atomic mass is 35.5. The number of aromatic nitrogens is 2. The van der Waals surface area contributed by atoms with Gasteiger partial charge in [-0.15, -0.1) is 0 Å². The van der Waals surface area contributed by atoms with Crippen molar-refractivity contribution >= 4 is 23.1 Å². The fourth-order valence-electron chi connectivity index (χ4n) is 3.73. The number of ether oxygens (including phenoxy) is 1. The fourth-order valence-corrected chi connectivity index (χ4v) is 3.86. The molecule has 3 aromatic rings. The zero-order chi connectivity index (χ0) is 22.9. The molecule has 6 nitrogen and oxygen atoms in total. The molecule has 0 N–H and O–H groups in total. The normalized spacial score (nSPS) is 13.8. The number of rotatable bonds is 4. The second kappa shape index (κ2) is 8.79. The highest BCUT2D eigenvalue weighted by molar-refractivity contribution is 6.30. The van der Waals surface area contributed by atoms with Gasteiger partial charge in [0.25, 0.3) is 0 Å². The molecule has 1 aliphatic heterocycles. The molecule has 1 aliphatic rings. The van der Waals surface area contributed by atoms with E-state index in [4.69, 9.17) is 16.3 Å². The highest BCUT2D eigenvalue weighted by Crippen LogP contribution is 2.29. The SMILES string of the molecule is CC(C)(C)n1ncc2c(c1=O)OCCCN2Cc1ccc(C(=O)c2ccc(Cl)cc2)cc1. The van der Waals surface area contributed by atoms with E-state index < -0.39 is 5.54 Å². The van der Waals surface area contributed by atoms with Gasteiger partial charge in [-0.1, -0.05) is 35.9 Å². The topological polar surface area (TPSA) is 64.4 Å². The number of halogens is 1. The van der Waals surface area contributed by atoms with Gasteiger partial charge in [0.2, 0.25) is 5.75 Å². The van der Waals surface area contributed by atoms with Crippen LogP contribution in [0.15, 0.2) is 59.5 Å². The molecule has 2 aromatic carbocycles. The molecule has 0 fully saturated rings. The van der Waals surface area contributed by atoms with Crippen LogP contribution in [0.3, 0.4) is 0 Å². The predicted octanol–water partition coefficient (Wildman–Crippen LogP) is 4.67. The standard InChI is InChI=1S/C25H26ClN3O3/c1-25(2,3)29-24(31)23-21(15-27-29)28(13-4-14-32-23)16-17-5-7-18(8-6-17)22(30)19-9-11-20(26)12-10-19/h5-12,15H,4,13-14,16H2,1-3H3. The smallest absolute Gasteiger partial charge is 0.311 e. The second-order valence-electron chi connectivity index (χ2n) is 8.90. The minimum absolute atomic E-state index is 0.0475. The number of carbonyl (C=O) groups excluding carboxylic acids is 1. The Morgan fingerprint density at radius 2 is 1.69 bits per heavy atom. The van der Waals surface area contributed by atoms with E-state index in [0.29, 0.717) is 40.7 Å². The van der Waals surface area contributed by atoms with E-state index in [-0.39, 0.29) is 11.3 Å². The number of fused-ring (bicyclic) bond motifs is 1. The summed E-state index contributed by atoms with van der Waals surface area (Å²) in [4.78, 5) is 27.8. The average Bonchev–Trinajstić information content (AvgIpc) is 2.97. The Balaban J connectivity index is 1.57. The largest absolute Gasteiger partial charge is 0.486 e. The number of carbonyl (C=O) groups is 1. The Morgan fingerprint density at radius 3 is 2.31 bits per heavy atom. The number of hydrogen-bond donors (Lipinski definition) is 0. The number of hydrogen-bond acceptors (Lipinski definition) is 5. The van der Waals surface area contributed by atoms with Gasteiger partial charge < -0.3 is 9.64 Å². The Hall–Kier alpha value is -3.12. The molecule has 32 heavy (non-hydrogen) atoms. The maximum absolute atomic E-state index is 13.0. The van der Waals surface area contributed by atoms with E-state index in [2.05, 4.69) is 10.00 Å². The van der Waals surface area contributed by atoms with Gasteiger partial charge in [-0.2, -0.15) is 5.10 Å². The Kier molecular flexibility index (Phi) is 6.07. The molecule has 0 amide bonds. The lowest BCUT2D eigenvalue weighted by atomic mass is 10.0. The summed E-state index contributed by atoms with van der Waals surface area (Å²) >= 11 is 5.91. The van der Waals surface area contributed by atoms with E-state index >= 15 is 0 Å². The third-order valence-electron chi connectivity index (χ3n) is 5.41. The Morgan fingerprint density at radius 1 is 1.06 bits per heavy atom. The lowest BCUT2D eigenvalue weighted by Gasteiger charge is -2.26. The first-order chi connectivity index (χ1) is 15.2. The first-order valence-electron chi connectivity index (χ1n) is 10.6. The predicted molar refractivity (Wildman–Crippen MR) is 126 cm³/mol. The molecule has 0 bridgehead atoms. The molecule has 0 saturated heterocycles. The summed E-state index contributed by atoms with van der Waals surface area (Å²) in [5, 5.41) is 5.00. The van der Waals surface area contributed by atoms with Crippen LogP contribution in [0.4, 0.5) is 5.69 Å². The molecule has 4 rings (SSSR count). The molecule has 166 valence electrons. The van der Waals surface area contributed by atoms with Crippen LogP contribution in [-0.4, -0.2) is 28.7 Å². The molecule has 0 spiro atoms. The van der Waals surface area contributed by atoms with Crippen LogP contribution >= 0.6 is 11.6 Å². The summed E-state index contributed by atoms with van der Waals surface area (Å²) in [7, 11) is 0. The van der Waals surface area contributed by atoms with Crippen molar-refractivity contribution in [3.63, 3.8) is 0 Å². The van der Waals surface area contributed by atoms with Crippen LogP contribution in [0.25, 0.3) is 0 Å². The van der Waals surface area contributed by atoms with Crippen molar-refractivity contribution in [2.45, 2.75) is 39.3 Å². The van der Waals surface area contributed by atoms with E-state index in [0.717, 1.165) is 18.5 Å². The van der Waals surface area contributed by atoms with Crippen molar-refractivity contribution in [3.8, 4) is 5.75 Å². The van der Waals surface area contributed by atoms with Crippen LogP contribution in [-0.2, 0) is 12.1 Å². The number of nitrogens with zero attached hydrogens (tertiary/aromatic N) is 3. The molecule has 0 saturated carbocycles. The molecular weight excluding hydrogens is 426 g/mol. The number of anilines is 1. The van der Waals surface area contributed by atoms with Crippen LogP contribution in [0.2, 0.25) is 5.02 Å². The van der Waals surface area contributed by atoms with E-state index in [1.807, 2.05) is 45.0 Å². The second-order valence-corrected chi connectivity index (χ2v) is 9.34. The van der Waals surface area contributed by atoms with Crippen LogP contribution in [0.5, 0.6) is 5.75 Å². The van der Waals surface area contributed by atoms with Gasteiger partial charge in [0.05, 0.1) is 18.3 Å². The van der Waals surface area contributed by atoms with Crippen molar-refractivity contribution in [2.24, 2.45) is 0 Å². The van der Waals surface area contributed by atoms with Crippen LogP contribution in [0, 0.1) is 0 Å². The minimum atomic E-state index is -0.431. The van der Waals surface area contributed by atoms with Gasteiger partial charge in [0.1, 0.15) is 5.69 Å². The average molecular weight is 452 g/mol. The first kappa shape index (κ1) is 22.1. The summed E-state index contributed by atoms with van der Waals surface area (Å²) in [5.41, 5.74) is 2.30. The monoisotopic (exact) mass is 451 g/mol. The molecule has 7 heteroatoms. The maximum Gasteiger partial charge on any atom is 0.311 e. The summed E-state index contributed by atoms with van der Waals surface area (Å²) in [6, 6.07) is 14.4. The Bertz CT molecular complexity index is 1180. The van der Waals surface area contributed by atoms with E-state index in [9.17, 15) is 9.59 Å². The Labute approximate surface area is 192 Å². The summed E-state index contributed by atoms with van der Waals surface area (Å²) < 4.78 is 7.29. The van der Waals surface area contributed by atoms with Crippen molar-refractivity contribution in [1.82, 2.24) is 9.78 Å². The van der Waals surface area contributed by atoms with Gasteiger partial charge in [-0.25, -0.2) is 4.68 Å². The fraction of sp³-hybridized carbons (Fsp3) is 0.320. The lowest BCUT2D eigenvalue weighted by molar-refractivity contribution is 0.103. The maximum atomic E-state index is 13.0. The van der Waals surface area contributed by atoms with Crippen molar-refractivity contribution in [1.29, 1.82) is 0 Å². The third-order valence-corrected chi connectivity index (χ3v) is 5.66. The zero-order valence-corrected chi connectivity index (χ0v) is 19.2. The van der Waals surface area contributed by atoms with Crippen LogP contribution in [0.1, 0.15) is 48.7 Å². The molecule has 0 atom stereocenters. The summed E-state index contributed by atoms with van der Waals surface area (Å²) in [6.45, 7) is 7.65. The molecule has 0 radical (unpaired) electrons. The molecular formula is C25H26ClN3O3. The van der Waals surface area contributed by atoms with Gasteiger partial charge in [0, 0.05) is 29.2 Å². The van der Waals surface area contributed by atoms with Crippen LogP contribution < -0.4 is 15.2 Å². The molecule has 0 aliphatic carbocycles. The number of ketones is 1. The first-order valence-corrected chi connectivity index (χ1v) is 11.0. The van der Waals surface area contributed by atoms with Gasteiger partial charge >= 0.3 is 5.56 Å². The molecule has 1 aromatic heterocycles. The summed E-state index contributed by atoms with van der Waals surface area (Å²) in [6.07, 6.45) is 2.52. The highest BCUT2D eigenvalue weighted by Gasteiger charge is 2.25. The van der Waals surface area contributed by atoms with Crippen molar-refractivity contribution in [2.75, 3.05) is 18.1 Å². The van der Waals surface area contributed by atoms with Gasteiger partial charge in [-0.3, -0.25) is 9.59 Å². The summed E-state index contributed by atoms with van der Waals surface area (Å²) in [5.74, 6) is 0.302. The van der Waals surface area contributed by atoms with Gasteiger partial charge in [0.15, 0.2) is 5.78 Å². The van der Waals surface area contributed by atoms with E-state index in [1.165, 1.54) is 4.68 Å². The van der Waals surface area contributed by atoms with Crippen molar-refractivity contribution in [3.05, 3.63) is 86.8 Å². The quantitative estimate of drug-likeness (QED) is 0.539. The minimum Gasteiger partial charge on any atom is -0.486 e. The zero-order valence-electron chi connectivity index (χ0n) is 18.5. The molecule has 0 unspecified atom stereocenters. The lowest BCUT2D eigenvalue weighted by Crippen LogP contribution is -2.37. The van der Waals surface area contributed by atoms with Crippen molar-refractivity contribution < 1.29 is 9.53 Å². The third kappa shape index (κ3) is 4.55. The number of benzene rings is 2. The van der Waals surface area contributed by atoms with Gasteiger partial charge in [-0.05, 0) is 57.0 Å². The molecule has 2 heterocycles. The van der Waals surface area contributed by atoms with E-state index in [1.54, 1.807) is 30.5 Å².